The first kappa shape index (κ1) is 21.6. The second kappa shape index (κ2) is 9.17. The van der Waals surface area contributed by atoms with Gasteiger partial charge in [0.25, 0.3) is 0 Å². The highest BCUT2D eigenvalue weighted by Gasteiger charge is 2.32. The third kappa shape index (κ3) is 5.10. The third-order valence-corrected chi connectivity index (χ3v) is 4.83. The Labute approximate surface area is 173 Å². The van der Waals surface area contributed by atoms with Crippen molar-refractivity contribution in [3.05, 3.63) is 77.6 Å². The van der Waals surface area contributed by atoms with Gasteiger partial charge in [-0.1, -0.05) is 24.3 Å². The minimum absolute atomic E-state index is 0.0818. The number of benzene rings is 2. The summed E-state index contributed by atoms with van der Waals surface area (Å²) in [6.07, 6.45) is -3.25. The molecule has 0 unspecified atom stereocenters. The molecule has 1 N–H and O–H groups in total. The number of aromatic nitrogens is 1. The van der Waals surface area contributed by atoms with Crippen molar-refractivity contribution in [2.45, 2.75) is 25.7 Å². The number of rotatable bonds is 7. The molecule has 0 bridgehead atoms. The predicted octanol–water partition coefficient (Wildman–Crippen LogP) is 5.64. The Kier molecular flexibility index (Phi) is 6.62. The van der Waals surface area contributed by atoms with Gasteiger partial charge in [-0.15, -0.1) is 0 Å². The molecule has 0 radical (unpaired) electrons. The number of hydrogen-bond acceptors (Lipinski definition) is 4. The number of ether oxygens (including phenoxy) is 2. The van der Waals surface area contributed by atoms with E-state index in [1.807, 2.05) is 36.4 Å². The molecular formula is C23H23F3N2O2. The van der Waals surface area contributed by atoms with Gasteiger partial charge in [-0.25, -0.2) is 0 Å². The fourth-order valence-electron chi connectivity index (χ4n) is 3.11. The van der Waals surface area contributed by atoms with E-state index in [2.05, 4.69) is 17.2 Å². The summed E-state index contributed by atoms with van der Waals surface area (Å²) in [5.74, 6) is 1.36. The third-order valence-electron chi connectivity index (χ3n) is 4.83. The number of nitrogens with one attached hydrogen (secondary N) is 1. The Bertz CT molecular complexity index is 988. The highest BCUT2D eigenvalue weighted by molar-refractivity contribution is 5.70. The lowest BCUT2D eigenvalue weighted by Gasteiger charge is -2.16. The summed E-state index contributed by atoms with van der Waals surface area (Å²) in [7, 11) is 3.16. The van der Waals surface area contributed by atoms with Crippen molar-refractivity contribution in [2.24, 2.45) is 0 Å². The molecule has 4 nitrogen and oxygen atoms in total. The molecule has 0 aliphatic rings. The average molecular weight is 416 g/mol. The minimum atomic E-state index is -4.47. The Morgan fingerprint density at radius 1 is 1.00 bits per heavy atom. The van der Waals surface area contributed by atoms with E-state index in [4.69, 9.17) is 9.47 Å². The Morgan fingerprint density at radius 3 is 2.43 bits per heavy atom. The molecule has 0 saturated heterocycles. The van der Waals surface area contributed by atoms with Crippen molar-refractivity contribution >= 4 is 0 Å². The maximum atomic E-state index is 12.8. The second-order valence-corrected chi connectivity index (χ2v) is 6.84. The summed E-state index contributed by atoms with van der Waals surface area (Å²) in [5.41, 5.74) is 2.39. The maximum absolute atomic E-state index is 12.8. The molecular weight excluding hydrogens is 393 g/mol. The molecule has 0 saturated carbocycles. The Hall–Kier alpha value is -3.06. The molecule has 3 aromatic rings. The van der Waals surface area contributed by atoms with Crippen LogP contribution in [0.25, 0.3) is 11.1 Å². The van der Waals surface area contributed by atoms with Crippen LogP contribution < -0.4 is 14.8 Å². The van der Waals surface area contributed by atoms with Crippen LogP contribution in [0, 0.1) is 0 Å². The predicted molar refractivity (Wildman–Crippen MR) is 109 cm³/mol. The number of pyridine rings is 1. The molecule has 0 aliphatic carbocycles. The maximum Gasteiger partial charge on any atom is 0.433 e. The van der Waals surface area contributed by atoms with E-state index in [0.29, 0.717) is 23.4 Å². The van der Waals surface area contributed by atoms with E-state index in [9.17, 15) is 13.2 Å². The molecule has 3 rings (SSSR count). The first-order chi connectivity index (χ1) is 14.3. The second-order valence-electron chi connectivity index (χ2n) is 6.84. The number of alkyl halides is 3. The topological polar surface area (TPSA) is 43.4 Å². The molecule has 0 fully saturated rings. The zero-order chi connectivity index (χ0) is 21.7. The van der Waals surface area contributed by atoms with Gasteiger partial charge in [0.15, 0.2) is 0 Å². The quantitative estimate of drug-likeness (QED) is 0.542. The molecule has 1 aromatic heterocycles. The van der Waals surface area contributed by atoms with Crippen molar-refractivity contribution in [1.29, 1.82) is 0 Å². The lowest BCUT2D eigenvalue weighted by Crippen LogP contribution is -2.18. The lowest BCUT2D eigenvalue weighted by atomic mass is 10.0. The lowest BCUT2D eigenvalue weighted by molar-refractivity contribution is -0.141. The van der Waals surface area contributed by atoms with Gasteiger partial charge in [0.2, 0.25) is 0 Å². The summed E-state index contributed by atoms with van der Waals surface area (Å²) in [6.45, 7) is 2.63. The zero-order valence-corrected chi connectivity index (χ0v) is 17.0. The van der Waals surface area contributed by atoms with Crippen molar-refractivity contribution in [1.82, 2.24) is 10.3 Å². The number of hydrogen-bond donors (Lipinski definition) is 1. The molecule has 7 heteroatoms. The molecule has 30 heavy (non-hydrogen) atoms. The number of nitrogens with zero attached hydrogens (tertiary/aromatic N) is 1. The van der Waals surface area contributed by atoms with Gasteiger partial charge in [-0.2, -0.15) is 13.2 Å². The fourth-order valence-corrected chi connectivity index (χ4v) is 3.11. The van der Waals surface area contributed by atoms with Crippen LogP contribution in [0.1, 0.15) is 29.8 Å². The van der Waals surface area contributed by atoms with Crippen LogP contribution in [0.15, 0.2) is 60.8 Å². The monoisotopic (exact) mass is 416 g/mol. The molecule has 0 spiro atoms. The fraction of sp³-hybridized carbons (Fsp3) is 0.261. The Balaban J connectivity index is 1.79. The summed E-state index contributed by atoms with van der Waals surface area (Å²) in [4.78, 5) is 3.55. The van der Waals surface area contributed by atoms with Crippen LogP contribution in [0.3, 0.4) is 0 Å². The molecule has 2 aromatic carbocycles. The summed E-state index contributed by atoms with van der Waals surface area (Å²) < 4.78 is 49.0. The van der Waals surface area contributed by atoms with Crippen molar-refractivity contribution in [2.75, 3.05) is 14.2 Å². The highest BCUT2D eigenvalue weighted by atomic mass is 19.4. The minimum Gasteiger partial charge on any atom is -0.497 e. The van der Waals surface area contributed by atoms with Gasteiger partial charge in [0.05, 0.1) is 14.2 Å². The summed E-state index contributed by atoms with van der Waals surface area (Å²) >= 11 is 0. The standard InChI is InChI=1S/C23H23F3N2O2/c1-15(17-5-4-6-19(12-17)29-2)27-13-16-7-9-21(30-3)20(11-16)18-8-10-22(28-14-18)23(24,25)26/h4-12,14-15,27H,13H2,1-3H3/t15-/m1/s1. The first-order valence-electron chi connectivity index (χ1n) is 9.39. The van der Waals surface area contributed by atoms with Crippen molar-refractivity contribution in [3.8, 4) is 22.6 Å². The van der Waals surface area contributed by atoms with E-state index < -0.39 is 11.9 Å². The van der Waals surface area contributed by atoms with Crippen LogP contribution in [0.4, 0.5) is 13.2 Å². The van der Waals surface area contributed by atoms with Crippen LogP contribution in [-0.4, -0.2) is 19.2 Å². The van der Waals surface area contributed by atoms with Gasteiger partial charge < -0.3 is 14.8 Å². The summed E-state index contributed by atoms with van der Waals surface area (Å²) in [6, 6.07) is 15.9. The normalized spacial score (nSPS) is 12.5. The van der Waals surface area contributed by atoms with E-state index in [-0.39, 0.29) is 6.04 Å². The number of halogens is 3. The smallest absolute Gasteiger partial charge is 0.433 e. The van der Waals surface area contributed by atoms with E-state index >= 15 is 0 Å². The molecule has 1 atom stereocenters. The molecule has 1 heterocycles. The SMILES string of the molecule is COc1cccc([C@@H](C)NCc2ccc(OC)c(-c3ccc(C(F)(F)F)nc3)c2)c1. The Morgan fingerprint density at radius 2 is 1.80 bits per heavy atom. The van der Waals surface area contributed by atoms with Crippen LogP contribution in [-0.2, 0) is 12.7 Å². The van der Waals surface area contributed by atoms with Gasteiger partial charge in [-0.3, -0.25) is 4.98 Å². The first-order valence-corrected chi connectivity index (χ1v) is 9.39. The number of methoxy groups -OCH3 is 2. The molecule has 158 valence electrons. The largest absolute Gasteiger partial charge is 0.497 e. The van der Waals surface area contributed by atoms with E-state index in [0.717, 1.165) is 22.9 Å². The van der Waals surface area contributed by atoms with Crippen molar-refractivity contribution in [3.63, 3.8) is 0 Å². The van der Waals surface area contributed by atoms with Gasteiger partial charge in [-0.05, 0) is 48.4 Å². The van der Waals surface area contributed by atoms with E-state index in [1.165, 1.54) is 19.4 Å². The van der Waals surface area contributed by atoms with Crippen LogP contribution in [0.2, 0.25) is 0 Å². The highest BCUT2D eigenvalue weighted by Crippen LogP contribution is 2.33. The van der Waals surface area contributed by atoms with Gasteiger partial charge in [0, 0.05) is 29.9 Å². The van der Waals surface area contributed by atoms with Crippen LogP contribution >= 0.6 is 0 Å². The van der Waals surface area contributed by atoms with Crippen LogP contribution in [0.5, 0.6) is 11.5 Å². The van der Waals surface area contributed by atoms with Gasteiger partial charge in [0.1, 0.15) is 17.2 Å². The van der Waals surface area contributed by atoms with Gasteiger partial charge >= 0.3 is 6.18 Å². The van der Waals surface area contributed by atoms with E-state index in [1.54, 1.807) is 13.2 Å². The summed E-state index contributed by atoms with van der Waals surface area (Å²) in [5, 5.41) is 3.45. The van der Waals surface area contributed by atoms with Crippen molar-refractivity contribution < 1.29 is 22.6 Å². The average Bonchev–Trinajstić information content (AvgIpc) is 2.76. The molecule has 0 aliphatic heterocycles. The molecule has 0 amide bonds. The zero-order valence-electron chi connectivity index (χ0n) is 17.0.